The first kappa shape index (κ1) is 15.3. The van der Waals surface area contributed by atoms with E-state index >= 15 is 0 Å². The highest BCUT2D eigenvalue weighted by Gasteiger charge is 2.19. The number of hydrogen-bond donors (Lipinski definition) is 1. The molecule has 4 heteroatoms. The summed E-state index contributed by atoms with van der Waals surface area (Å²) in [5.74, 6) is 1.73. The van der Waals surface area contributed by atoms with Crippen molar-refractivity contribution in [3.8, 4) is 5.75 Å². The van der Waals surface area contributed by atoms with E-state index in [9.17, 15) is 0 Å². The van der Waals surface area contributed by atoms with Gasteiger partial charge in [0.15, 0.2) is 0 Å². The molecule has 122 valence electrons. The number of aryl methyl sites for hydroxylation is 1. The standard InChI is InChI=1S/C20H19ClN2O/c1-13-12-16(24-15-5-3-6-15)9-10-18(13)22-19-11-8-14-4-2-7-17(21)20(14)23-19/h2,4,7-12,15H,3,5-6H2,1H3,(H,22,23). The van der Waals surface area contributed by atoms with E-state index < -0.39 is 0 Å². The van der Waals surface area contributed by atoms with Crippen molar-refractivity contribution in [1.29, 1.82) is 0 Å². The van der Waals surface area contributed by atoms with Gasteiger partial charge in [0.1, 0.15) is 11.6 Å². The first-order valence-electron chi connectivity index (χ1n) is 8.29. The average Bonchev–Trinajstić information content (AvgIpc) is 2.54. The molecule has 1 aliphatic carbocycles. The van der Waals surface area contributed by atoms with Gasteiger partial charge in [-0.15, -0.1) is 0 Å². The molecule has 1 heterocycles. The molecule has 2 aromatic carbocycles. The number of halogens is 1. The number of aromatic nitrogens is 1. The van der Waals surface area contributed by atoms with Crippen LogP contribution < -0.4 is 10.1 Å². The lowest BCUT2D eigenvalue weighted by Crippen LogP contribution is -2.24. The molecule has 0 saturated heterocycles. The third-order valence-corrected chi connectivity index (χ3v) is 4.79. The molecule has 0 amide bonds. The van der Waals surface area contributed by atoms with E-state index in [4.69, 9.17) is 16.3 Å². The SMILES string of the molecule is Cc1cc(OC2CCC2)ccc1Nc1ccc2cccc(Cl)c2n1. The van der Waals surface area contributed by atoms with Crippen LogP contribution in [0.5, 0.6) is 5.75 Å². The summed E-state index contributed by atoms with van der Waals surface area (Å²) in [5.41, 5.74) is 2.97. The molecule has 1 fully saturated rings. The van der Waals surface area contributed by atoms with E-state index in [2.05, 4.69) is 23.3 Å². The molecular formula is C20H19ClN2O. The fraction of sp³-hybridized carbons (Fsp3) is 0.250. The smallest absolute Gasteiger partial charge is 0.131 e. The first-order chi connectivity index (χ1) is 11.7. The van der Waals surface area contributed by atoms with Gasteiger partial charge in [0.25, 0.3) is 0 Å². The molecule has 0 bridgehead atoms. The largest absolute Gasteiger partial charge is 0.490 e. The highest BCUT2D eigenvalue weighted by molar-refractivity contribution is 6.35. The number of para-hydroxylation sites is 1. The summed E-state index contributed by atoms with van der Waals surface area (Å²) in [4.78, 5) is 4.63. The number of rotatable bonds is 4. The van der Waals surface area contributed by atoms with Crippen LogP contribution in [-0.2, 0) is 0 Å². The Morgan fingerprint density at radius 2 is 2.00 bits per heavy atom. The van der Waals surface area contributed by atoms with Gasteiger partial charge in [-0.2, -0.15) is 0 Å². The molecule has 1 saturated carbocycles. The molecule has 4 rings (SSSR count). The molecule has 0 spiro atoms. The fourth-order valence-electron chi connectivity index (χ4n) is 2.85. The van der Waals surface area contributed by atoms with Crippen molar-refractivity contribution in [2.24, 2.45) is 0 Å². The summed E-state index contributed by atoms with van der Waals surface area (Å²) >= 11 is 6.24. The first-order valence-corrected chi connectivity index (χ1v) is 8.66. The van der Waals surface area contributed by atoms with Crippen molar-refractivity contribution >= 4 is 34.0 Å². The maximum absolute atomic E-state index is 6.24. The van der Waals surface area contributed by atoms with Gasteiger partial charge in [0.2, 0.25) is 0 Å². The van der Waals surface area contributed by atoms with Crippen molar-refractivity contribution in [1.82, 2.24) is 4.98 Å². The second kappa shape index (κ2) is 6.33. The summed E-state index contributed by atoms with van der Waals surface area (Å²) in [7, 11) is 0. The fourth-order valence-corrected chi connectivity index (χ4v) is 3.07. The van der Waals surface area contributed by atoms with Gasteiger partial charge in [-0.1, -0.05) is 23.7 Å². The topological polar surface area (TPSA) is 34.1 Å². The van der Waals surface area contributed by atoms with E-state index in [1.807, 2.05) is 42.5 Å². The van der Waals surface area contributed by atoms with E-state index in [0.29, 0.717) is 11.1 Å². The molecule has 1 aromatic heterocycles. The molecule has 3 aromatic rings. The minimum absolute atomic E-state index is 0.396. The van der Waals surface area contributed by atoms with Crippen molar-refractivity contribution in [2.45, 2.75) is 32.3 Å². The number of nitrogens with one attached hydrogen (secondary N) is 1. The van der Waals surface area contributed by atoms with Crippen LogP contribution in [0.2, 0.25) is 5.02 Å². The molecule has 0 aliphatic heterocycles. The maximum atomic E-state index is 6.24. The number of hydrogen-bond acceptors (Lipinski definition) is 3. The number of ether oxygens (including phenoxy) is 1. The van der Waals surface area contributed by atoms with E-state index in [1.165, 1.54) is 19.3 Å². The van der Waals surface area contributed by atoms with Gasteiger partial charge in [0.05, 0.1) is 16.6 Å². The number of benzene rings is 2. The van der Waals surface area contributed by atoms with Gasteiger partial charge in [-0.3, -0.25) is 0 Å². The van der Waals surface area contributed by atoms with Gasteiger partial charge in [-0.25, -0.2) is 4.98 Å². The lowest BCUT2D eigenvalue weighted by atomic mass is 9.96. The molecule has 3 nitrogen and oxygen atoms in total. The molecule has 24 heavy (non-hydrogen) atoms. The van der Waals surface area contributed by atoms with Gasteiger partial charge in [0, 0.05) is 11.1 Å². The van der Waals surface area contributed by atoms with E-state index in [-0.39, 0.29) is 0 Å². The Morgan fingerprint density at radius 3 is 2.75 bits per heavy atom. The Kier molecular flexibility index (Phi) is 4.03. The summed E-state index contributed by atoms with van der Waals surface area (Å²) in [6, 6.07) is 15.9. The molecule has 0 radical (unpaired) electrons. The van der Waals surface area contributed by atoms with Crippen LogP contribution in [0.4, 0.5) is 11.5 Å². The highest BCUT2D eigenvalue weighted by Crippen LogP contribution is 2.30. The van der Waals surface area contributed by atoms with Crippen molar-refractivity contribution in [2.75, 3.05) is 5.32 Å². The summed E-state index contributed by atoms with van der Waals surface area (Å²) in [6.45, 7) is 2.07. The Labute approximate surface area is 146 Å². The van der Waals surface area contributed by atoms with E-state index in [1.54, 1.807) is 0 Å². The second-order valence-corrected chi connectivity index (χ2v) is 6.69. The monoisotopic (exact) mass is 338 g/mol. The van der Waals surface area contributed by atoms with Gasteiger partial charge < -0.3 is 10.1 Å². The van der Waals surface area contributed by atoms with Crippen molar-refractivity contribution < 1.29 is 4.74 Å². The quantitative estimate of drug-likeness (QED) is 0.645. The maximum Gasteiger partial charge on any atom is 0.131 e. The van der Waals surface area contributed by atoms with Crippen molar-refractivity contribution in [3.05, 3.63) is 59.1 Å². The van der Waals surface area contributed by atoms with Crippen LogP contribution >= 0.6 is 11.6 Å². The minimum Gasteiger partial charge on any atom is -0.490 e. The third-order valence-electron chi connectivity index (χ3n) is 4.49. The normalized spacial score (nSPS) is 14.4. The highest BCUT2D eigenvalue weighted by atomic mass is 35.5. The van der Waals surface area contributed by atoms with Gasteiger partial charge >= 0.3 is 0 Å². The zero-order valence-corrected chi connectivity index (χ0v) is 14.3. The Bertz CT molecular complexity index is 890. The van der Waals surface area contributed by atoms with Crippen LogP contribution in [0, 0.1) is 6.92 Å². The molecule has 0 atom stereocenters. The molecule has 0 unspecified atom stereocenters. The third kappa shape index (κ3) is 3.04. The summed E-state index contributed by atoms with van der Waals surface area (Å²) in [5, 5.41) is 5.07. The van der Waals surface area contributed by atoms with Crippen LogP contribution in [-0.4, -0.2) is 11.1 Å². The predicted octanol–water partition coefficient (Wildman–Crippen LogP) is 5.87. The zero-order valence-electron chi connectivity index (χ0n) is 13.6. The molecular weight excluding hydrogens is 320 g/mol. The Morgan fingerprint density at radius 1 is 1.12 bits per heavy atom. The molecule has 1 N–H and O–H groups in total. The summed E-state index contributed by atoms with van der Waals surface area (Å²) in [6.07, 6.45) is 4.01. The Hall–Kier alpha value is -2.26. The number of anilines is 2. The van der Waals surface area contributed by atoms with E-state index in [0.717, 1.165) is 33.7 Å². The van der Waals surface area contributed by atoms with Crippen LogP contribution in [0.3, 0.4) is 0 Å². The average molecular weight is 339 g/mol. The number of pyridine rings is 1. The van der Waals surface area contributed by atoms with Crippen LogP contribution in [0.15, 0.2) is 48.5 Å². The van der Waals surface area contributed by atoms with Gasteiger partial charge in [-0.05, 0) is 68.1 Å². The zero-order chi connectivity index (χ0) is 16.5. The van der Waals surface area contributed by atoms with Crippen molar-refractivity contribution in [3.63, 3.8) is 0 Å². The number of nitrogens with zero attached hydrogens (tertiary/aromatic N) is 1. The Balaban J connectivity index is 1.57. The van der Waals surface area contributed by atoms with Crippen LogP contribution in [0.25, 0.3) is 10.9 Å². The number of fused-ring (bicyclic) bond motifs is 1. The van der Waals surface area contributed by atoms with Crippen LogP contribution in [0.1, 0.15) is 24.8 Å². The molecule has 1 aliphatic rings. The predicted molar refractivity (Wildman–Crippen MR) is 99.5 cm³/mol. The minimum atomic E-state index is 0.396. The summed E-state index contributed by atoms with van der Waals surface area (Å²) < 4.78 is 5.95. The lowest BCUT2D eigenvalue weighted by Gasteiger charge is -2.26. The second-order valence-electron chi connectivity index (χ2n) is 6.28. The lowest BCUT2D eigenvalue weighted by molar-refractivity contribution is 0.120.